The standard InChI is InChI=1S/C15H22N2O3/c1-5-12(9-16)20-15-13(18-3)7-11(6-10(2)17)8-14(15)19-4/h7-8,10,12H,5-6,17H2,1-4H3. The van der Waals surface area contributed by atoms with Crippen molar-refractivity contribution in [3.05, 3.63) is 17.7 Å². The monoisotopic (exact) mass is 278 g/mol. The summed E-state index contributed by atoms with van der Waals surface area (Å²) in [5.74, 6) is 1.55. The summed E-state index contributed by atoms with van der Waals surface area (Å²) >= 11 is 0. The Balaban J connectivity index is 3.18. The zero-order valence-corrected chi connectivity index (χ0v) is 12.5. The molecule has 2 unspecified atom stereocenters. The van der Waals surface area contributed by atoms with Gasteiger partial charge in [-0.15, -0.1) is 0 Å². The molecule has 0 saturated heterocycles. The van der Waals surface area contributed by atoms with Gasteiger partial charge in [0.2, 0.25) is 5.75 Å². The van der Waals surface area contributed by atoms with Crippen molar-refractivity contribution in [1.82, 2.24) is 0 Å². The van der Waals surface area contributed by atoms with E-state index in [1.165, 1.54) is 0 Å². The number of nitrogens with zero attached hydrogens (tertiary/aromatic N) is 1. The van der Waals surface area contributed by atoms with Gasteiger partial charge < -0.3 is 19.9 Å². The highest BCUT2D eigenvalue weighted by Crippen LogP contribution is 2.39. The summed E-state index contributed by atoms with van der Waals surface area (Å²) < 4.78 is 16.4. The zero-order valence-electron chi connectivity index (χ0n) is 12.5. The van der Waals surface area contributed by atoms with Crippen LogP contribution < -0.4 is 19.9 Å². The van der Waals surface area contributed by atoms with Crippen LogP contribution in [0.1, 0.15) is 25.8 Å². The third-order valence-electron chi connectivity index (χ3n) is 2.85. The lowest BCUT2D eigenvalue weighted by atomic mass is 10.1. The molecule has 1 aromatic rings. The Bertz CT molecular complexity index is 455. The number of hydrogen-bond donors (Lipinski definition) is 1. The van der Waals surface area contributed by atoms with E-state index in [9.17, 15) is 0 Å². The fourth-order valence-electron chi connectivity index (χ4n) is 1.88. The Hall–Kier alpha value is -1.93. The lowest BCUT2D eigenvalue weighted by Gasteiger charge is -2.18. The van der Waals surface area contributed by atoms with Gasteiger partial charge in [0.15, 0.2) is 17.6 Å². The highest BCUT2D eigenvalue weighted by Gasteiger charge is 2.18. The van der Waals surface area contributed by atoms with Crippen LogP contribution in [-0.4, -0.2) is 26.4 Å². The van der Waals surface area contributed by atoms with E-state index >= 15 is 0 Å². The van der Waals surface area contributed by atoms with E-state index < -0.39 is 6.10 Å². The van der Waals surface area contributed by atoms with E-state index in [0.29, 0.717) is 30.1 Å². The number of ether oxygens (including phenoxy) is 3. The number of rotatable bonds is 7. The van der Waals surface area contributed by atoms with Crippen molar-refractivity contribution in [2.75, 3.05) is 14.2 Å². The molecule has 2 atom stereocenters. The highest BCUT2D eigenvalue weighted by molar-refractivity contribution is 5.54. The van der Waals surface area contributed by atoms with Crippen LogP contribution in [0, 0.1) is 11.3 Å². The molecule has 0 aromatic heterocycles. The minimum absolute atomic E-state index is 0.0404. The molecule has 0 fully saturated rings. The molecule has 0 radical (unpaired) electrons. The summed E-state index contributed by atoms with van der Waals surface area (Å²) in [7, 11) is 3.12. The molecule has 0 saturated carbocycles. The predicted octanol–water partition coefficient (Wildman–Crippen LogP) is 2.27. The summed E-state index contributed by atoms with van der Waals surface area (Å²) in [4.78, 5) is 0. The maximum Gasteiger partial charge on any atom is 0.204 e. The Kier molecular flexibility index (Phi) is 6.13. The summed E-state index contributed by atoms with van der Waals surface area (Å²) in [6.45, 7) is 3.82. The SMILES string of the molecule is CCC(C#N)Oc1c(OC)cc(CC(C)N)cc1OC. The van der Waals surface area contributed by atoms with Crippen LogP contribution in [0.2, 0.25) is 0 Å². The van der Waals surface area contributed by atoms with E-state index in [4.69, 9.17) is 25.2 Å². The van der Waals surface area contributed by atoms with Gasteiger partial charge in [-0.1, -0.05) is 6.92 Å². The van der Waals surface area contributed by atoms with Gasteiger partial charge in [0, 0.05) is 6.04 Å². The van der Waals surface area contributed by atoms with Gasteiger partial charge in [0.05, 0.1) is 14.2 Å². The van der Waals surface area contributed by atoms with Crippen molar-refractivity contribution in [2.24, 2.45) is 5.73 Å². The van der Waals surface area contributed by atoms with Gasteiger partial charge in [-0.2, -0.15) is 5.26 Å². The number of methoxy groups -OCH3 is 2. The van der Waals surface area contributed by atoms with Gasteiger partial charge in [-0.25, -0.2) is 0 Å². The molecule has 1 aromatic carbocycles. The first-order chi connectivity index (χ1) is 9.55. The van der Waals surface area contributed by atoms with Crippen LogP contribution in [0.25, 0.3) is 0 Å². The van der Waals surface area contributed by atoms with Crippen LogP contribution in [0.3, 0.4) is 0 Å². The van der Waals surface area contributed by atoms with Crippen molar-refractivity contribution >= 4 is 0 Å². The molecule has 20 heavy (non-hydrogen) atoms. The van der Waals surface area contributed by atoms with E-state index in [2.05, 4.69) is 6.07 Å². The van der Waals surface area contributed by atoms with Gasteiger partial charge in [0.1, 0.15) is 6.07 Å². The lowest BCUT2D eigenvalue weighted by Crippen LogP contribution is -2.18. The third-order valence-corrected chi connectivity index (χ3v) is 2.85. The van der Waals surface area contributed by atoms with Gasteiger partial charge >= 0.3 is 0 Å². The highest BCUT2D eigenvalue weighted by atomic mass is 16.5. The molecule has 0 bridgehead atoms. The maximum absolute atomic E-state index is 9.01. The Labute approximate surface area is 120 Å². The smallest absolute Gasteiger partial charge is 0.204 e. The molecule has 0 aliphatic rings. The Morgan fingerprint density at radius 2 is 1.80 bits per heavy atom. The first kappa shape index (κ1) is 16.1. The molecule has 2 N–H and O–H groups in total. The van der Waals surface area contributed by atoms with Crippen LogP contribution in [0.5, 0.6) is 17.2 Å². The minimum atomic E-state index is -0.530. The molecule has 0 amide bonds. The fraction of sp³-hybridized carbons (Fsp3) is 0.533. The summed E-state index contributed by atoms with van der Waals surface area (Å²) in [6, 6.07) is 5.87. The molecule has 5 heteroatoms. The van der Waals surface area contributed by atoms with Crippen LogP contribution in [0.15, 0.2) is 12.1 Å². The largest absolute Gasteiger partial charge is 0.493 e. The summed E-state index contributed by atoms with van der Waals surface area (Å²) in [6.07, 6.45) is 0.768. The predicted molar refractivity (Wildman–Crippen MR) is 77.2 cm³/mol. The molecule has 0 aliphatic heterocycles. The average Bonchev–Trinajstić information content (AvgIpc) is 2.44. The first-order valence-electron chi connectivity index (χ1n) is 6.62. The van der Waals surface area contributed by atoms with Gasteiger partial charge in [0.25, 0.3) is 0 Å². The normalized spacial score (nSPS) is 13.2. The quantitative estimate of drug-likeness (QED) is 0.828. The van der Waals surface area contributed by atoms with Gasteiger partial charge in [-0.05, 0) is 37.5 Å². The van der Waals surface area contributed by atoms with Crippen molar-refractivity contribution < 1.29 is 14.2 Å². The van der Waals surface area contributed by atoms with Crippen LogP contribution in [-0.2, 0) is 6.42 Å². The molecule has 1 rings (SSSR count). The molecule has 110 valence electrons. The zero-order chi connectivity index (χ0) is 15.1. The molecule has 0 aliphatic carbocycles. The summed E-state index contributed by atoms with van der Waals surface area (Å²) in [5, 5.41) is 9.01. The van der Waals surface area contributed by atoms with Crippen LogP contribution >= 0.6 is 0 Å². The van der Waals surface area contributed by atoms with E-state index in [1.54, 1.807) is 14.2 Å². The molecule has 0 heterocycles. The Morgan fingerprint density at radius 3 is 2.15 bits per heavy atom. The minimum Gasteiger partial charge on any atom is -0.493 e. The first-order valence-corrected chi connectivity index (χ1v) is 6.62. The van der Waals surface area contributed by atoms with Crippen LogP contribution in [0.4, 0.5) is 0 Å². The van der Waals surface area contributed by atoms with Crippen molar-refractivity contribution in [3.8, 4) is 23.3 Å². The fourth-order valence-corrected chi connectivity index (χ4v) is 1.88. The van der Waals surface area contributed by atoms with Crippen molar-refractivity contribution in [2.45, 2.75) is 38.8 Å². The van der Waals surface area contributed by atoms with Crippen molar-refractivity contribution in [1.29, 1.82) is 5.26 Å². The Morgan fingerprint density at radius 1 is 1.25 bits per heavy atom. The average molecular weight is 278 g/mol. The molecular formula is C15H22N2O3. The molecule has 5 nitrogen and oxygen atoms in total. The topological polar surface area (TPSA) is 77.5 Å². The lowest BCUT2D eigenvalue weighted by molar-refractivity contribution is 0.226. The van der Waals surface area contributed by atoms with Crippen molar-refractivity contribution in [3.63, 3.8) is 0 Å². The van der Waals surface area contributed by atoms with E-state index in [-0.39, 0.29) is 6.04 Å². The summed E-state index contributed by atoms with van der Waals surface area (Å²) in [5.41, 5.74) is 6.82. The number of nitriles is 1. The van der Waals surface area contributed by atoms with Gasteiger partial charge in [-0.3, -0.25) is 0 Å². The maximum atomic E-state index is 9.01. The second-order valence-corrected chi connectivity index (χ2v) is 4.65. The number of benzene rings is 1. The third kappa shape index (κ3) is 4.04. The number of hydrogen-bond acceptors (Lipinski definition) is 5. The molecular weight excluding hydrogens is 256 g/mol. The van der Waals surface area contributed by atoms with E-state index in [0.717, 1.165) is 5.56 Å². The number of nitrogens with two attached hydrogens (primary N) is 1. The van der Waals surface area contributed by atoms with E-state index in [1.807, 2.05) is 26.0 Å². The second kappa shape index (κ2) is 7.61. The molecule has 0 spiro atoms. The second-order valence-electron chi connectivity index (χ2n) is 4.65.